The molecule has 1 aromatic carbocycles. The van der Waals surface area contributed by atoms with E-state index in [4.69, 9.17) is 9.47 Å². The summed E-state index contributed by atoms with van der Waals surface area (Å²) in [5.74, 6) is 1.76. The lowest BCUT2D eigenvalue weighted by atomic mass is 10.0. The van der Waals surface area contributed by atoms with Gasteiger partial charge in [-0.05, 0) is 50.4 Å². The van der Waals surface area contributed by atoms with Crippen molar-refractivity contribution in [1.29, 1.82) is 0 Å². The predicted octanol–water partition coefficient (Wildman–Crippen LogP) is 2.24. The molecule has 0 N–H and O–H groups in total. The molecular formula is C22H33N5O3. The molecule has 30 heavy (non-hydrogen) atoms. The minimum atomic E-state index is 0.244. The Bertz CT molecular complexity index is 796. The summed E-state index contributed by atoms with van der Waals surface area (Å²) in [5.41, 5.74) is 1.22. The molecule has 0 spiro atoms. The SMILES string of the molecule is COc1ccc(CCN(C)C2CCCN(C(=O)CCCn3cncn3)C2)cc1OC. The molecule has 164 valence electrons. The highest BCUT2D eigenvalue weighted by molar-refractivity contribution is 5.76. The number of piperidine rings is 1. The van der Waals surface area contributed by atoms with Crippen molar-refractivity contribution in [2.24, 2.45) is 0 Å². The zero-order valence-corrected chi connectivity index (χ0v) is 18.3. The van der Waals surface area contributed by atoms with Crippen LogP contribution >= 0.6 is 0 Å². The van der Waals surface area contributed by atoms with Crippen LogP contribution in [0.25, 0.3) is 0 Å². The third kappa shape index (κ3) is 5.95. The van der Waals surface area contributed by atoms with Crippen molar-refractivity contribution < 1.29 is 14.3 Å². The summed E-state index contributed by atoms with van der Waals surface area (Å²) >= 11 is 0. The highest BCUT2D eigenvalue weighted by Gasteiger charge is 2.25. The summed E-state index contributed by atoms with van der Waals surface area (Å²) in [6.45, 7) is 3.34. The molecule has 1 aliphatic heterocycles. The lowest BCUT2D eigenvalue weighted by molar-refractivity contribution is -0.133. The highest BCUT2D eigenvalue weighted by Crippen LogP contribution is 2.28. The van der Waals surface area contributed by atoms with Crippen molar-refractivity contribution in [1.82, 2.24) is 24.6 Å². The smallest absolute Gasteiger partial charge is 0.222 e. The van der Waals surface area contributed by atoms with Gasteiger partial charge in [-0.25, -0.2) is 4.98 Å². The van der Waals surface area contributed by atoms with Gasteiger partial charge in [-0.15, -0.1) is 0 Å². The third-order valence-corrected chi connectivity index (χ3v) is 5.82. The number of aryl methyl sites for hydroxylation is 1. The summed E-state index contributed by atoms with van der Waals surface area (Å²) < 4.78 is 12.5. The second kappa shape index (κ2) is 11.0. The highest BCUT2D eigenvalue weighted by atomic mass is 16.5. The summed E-state index contributed by atoms with van der Waals surface area (Å²) in [4.78, 5) is 21.0. The van der Waals surface area contributed by atoms with Gasteiger partial charge in [0.15, 0.2) is 11.5 Å². The Morgan fingerprint density at radius 2 is 2.10 bits per heavy atom. The van der Waals surface area contributed by atoms with Crippen LogP contribution in [0.1, 0.15) is 31.2 Å². The van der Waals surface area contributed by atoms with Crippen LogP contribution in [-0.2, 0) is 17.8 Å². The lowest BCUT2D eigenvalue weighted by Crippen LogP contribution is -2.49. The van der Waals surface area contributed by atoms with E-state index in [9.17, 15) is 4.79 Å². The summed E-state index contributed by atoms with van der Waals surface area (Å²) in [6.07, 6.45) is 7.68. The Balaban J connectivity index is 1.45. The van der Waals surface area contributed by atoms with Gasteiger partial charge >= 0.3 is 0 Å². The second-order valence-electron chi connectivity index (χ2n) is 7.82. The molecule has 1 atom stereocenters. The van der Waals surface area contributed by atoms with Gasteiger partial charge in [0.2, 0.25) is 5.91 Å². The Labute approximate surface area is 178 Å². The van der Waals surface area contributed by atoms with Crippen molar-refractivity contribution in [2.45, 2.75) is 44.7 Å². The number of likely N-dealkylation sites (N-methyl/N-ethyl adjacent to an activating group) is 1. The summed E-state index contributed by atoms with van der Waals surface area (Å²) in [7, 11) is 5.47. The van der Waals surface area contributed by atoms with Gasteiger partial charge in [-0.2, -0.15) is 5.10 Å². The molecule has 1 unspecified atom stereocenters. The van der Waals surface area contributed by atoms with Crippen molar-refractivity contribution in [2.75, 3.05) is 40.9 Å². The van der Waals surface area contributed by atoms with Gasteiger partial charge in [0, 0.05) is 38.6 Å². The molecule has 1 aliphatic rings. The molecular weight excluding hydrogens is 382 g/mol. The zero-order chi connectivity index (χ0) is 21.3. The first-order valence-corrected chi connectivity index (χ1v) is 10.6. The number of hydrogen-bond acceptors (Lipinski definition) is 6. The van der Waals surface area contributed by atoms with E-state index < -0.39 is 0 Å². The quantitative estimate of drug-likeness (QED) is 0.593. The van der Waals surface area contributed by atoms with Gasteiger partial charge in [-0.3, -0.25) is 9.48 Å². The molecule has 0 aliphatic carbocycles. The van der Waals surface area contributed by atoms with Crippen LogP contribution in [0.3, 0.4) is 0 Å². The van der Waals surface area contributed by atoms with E-state index in [1.807, 2.05) is 17.0 Å². The van der Waals surface area contributed by atoms with E-state index in [1.165, 1.54) is 11.9 Å². The number of ether oxygens (including phenoxy) is 2. The fourth-order valence-electron chi connectivity index (χ4n) is 3.96. The summed E-state index contributed by atoms with van der Waals surface area (Å²) in [6, 6.07) is 6.48. The average Bonchev–Trinajstić information content (AvgIpc) is 3.30. The maximum Gasteiger partial charge on any atom is 0.222 e. The van der Waals surface area contributed by atoms with E-state index >= 15 is 0 Å². The Hall–Kier alpha value is -2.61. The molecule has 3 rings (SSSR count). The first-order chi connectivity index (χ1) is 14.6. The van der Waals surface area contributed by atoms with Crippen molar-refractivity contribution in [3.05, 3.63) is 36.4 Å². The molecule has 1 fully saturated rings. The molecule has 8 nitrogen and oxygen atoms in total. The van der Waals surface area contributed by atoms with Crippen LogP contribution in [0, 0.1) is 0 Å². The van der Waals surface area contributed by atoms with Crippen LogP contribution in [0.15, 0.2) is 30.9 Å². The fourth-order valence-corrected chi connectivity index (χ4v) is 3.96. The van der Waals surface area contributed by atoms with Crippen molar-refractivity contribution in [3.8, 4) is 11.5 Å². The van der Waals surface area contributed by atoms with Gasteiger partial charge in [0.25, 0.3) is 0 Å². The number of aromatic nitrogens is 3. The van der Waals surface area contributed by atoms with E-state index in [-0.39, 0.29) is 5.91 Å². The maximum atomic E-state index is 12.6. The van der Waals surface area contributed by atoms with Crippen molar-refractivity contribution >= 4 is 5.91 Å². The molecule has 1 aromatic heterocycles. The fraction of sp³-hybridized carbons (Fsp3) is 0.591. The Kier molecular flexibility index (Phi) is 8.07. The lowest BCUT2D eigenvalue weighted by Gasteiger charge is -2.38. The largest absolute Gasteiger partial charge is 0.493 e. The number of rotatable bonds is 10. The number of methoxy groups -OCH3 is 2. The van der Waals surface area contributed by atoms with E-state index in [0.717, 1.165) is 63.4 Å². The van der Waals surface area contributed by atoms with Crippen molar-refractivity contribution in [3.63, 3.8) is 0 Å². The number of nitrogens with zero attached hydrogens (tertiary/aromatic N) is 5. The standard InChI is InChI=1S/C22H33N5O3/c1-25(13-10-18-8-9-20(29-2)21(14-18)30-3)19-6-4-11-26(15-19)22(28)7-5-12-27-17-23-16-24-27/h8-9,14,16-17,19H,4-7,10-13,15H2,1-3H3. The molecule has 2 heterocycles. The maximum absolute atomic E-state index is 12.6. The summed E-state index contributed by atoms with van der Waals surface area (Å²) in [5, 5.41) is 4.09. The first kappa shape index (κ1) is 22.1. The van der Waals surface area contributed by atoms with Crippen LogP contribution < -0.4 is 9.47 Å². The molecule has 8 heteroatoms. The topological polar surface area (TPSA) is 72.7 Å². The molecule has 0 bridgehead atoms. The normalized spacial score (nSPS) is 16.7. The average molecular weight is 416 g/mol. The minimum Gasteiger partial charge on any atom is -0.493 e. The molecule has 0 saturated carbocycles. The monoisotopic (exact) mass is 415 g/mol. The number of hydrogen-bond donors (Lipinski definition) is 0. The molecule has 1 amide bonds. The van der Waals surface area contributed by atoms with E-state index in [0.29, 0.717) is 12.5 Å². The van der Waals surface area contributed by atoms with Gasteiger partial charge in [-0.1, -0.05) is 6.07 Å². The Morgan fingerprint density at radius 3 is 2.83 bits per heavy atom. The second-order valence-corrected chi connectivity index (χ2v) is 7.82. The van der Waals surface area contributed by atoms with Crippen LogP contribution in [0.5, 0.6) is 11.5 Å². The number of amides is 1. The van der Waals surface area contributed by atoms with Crippen LogP contribution in [0.2, 0.25) is 0 Å². The van der Waals surface area contributed by atoms with Gasteiger partial charge < -0.3 is 19.3 Å². The Morgan fingerprint density at radius 1 is 1.27 bits per heavy atom. The number of carbonyl (C=O) groups is 1. The minimum absolute atomic E-state index is 0.244. The third-order valence-electron chi connectivity index (χ3n) is 5.82. The van der Waals surface area contributed by atoms with E-state index in [2.05, 4.69) is 28.1 Å². The van der Waals surface area contributed by atoms with Gasteiger partial charge in [0.1, 0.15) is 12.7 Å². The number of benzene rings is 1. The van der Waals surface area contributed by atoms with Crippen LogP contribution in [-0.4, -0.2) is 77.4 Å². The molecule has 2 aromatic rings. The zero-order valence-electron chi connectivity index (χ0n) is 18.3. The molecule has 0 radical (unpaired) electrons. The number of likely N-dealkylation sites (tertiary alicyclic amines) is 1. The molecule has 1 saturated heterocycles. The number of carbonyl (C=O) groups excluding carboxylic acids is 1. The first-order valence-electron chi connectivity index (χ1n) is 10.6. The van der Waals surface area contributed by atoms with Gasteiger partial charge in [0.05, 0.1) is 14.2 Å². The predicted molar refractivity (Wildman–Crippen MR) is 115 cm³/mol. The van der Waals surface area contributed by atoms with E-state index in [1.54, 1.807) is 25.2 Å². The van der Waals surface area contributed by atoms with Crippen LogP contribution in [0.4, 0.5) is 0 Å².